The average Bonchev–Trinajstić information content (AvgIpc) is 2.54. The van der Waals surface area contributed by atoms with E-state index in [1.807, 2.05) is 0 Å². The van der Waals surface area contributed by atoms with E-state index in [4.69, 9.17) is 0 Å². The molecule has 0 bridgehead atoms. The molecule has 1 N–H and O–H groups in total. The summed E-state index contributed by atoms with van der Waals surface area (Å²) in [7, 11) is 0. The zero-order chi connectivity index (χ0) is 17.1. The Bertz CT molecular complexity index is 781. The Morgan fingerprint density at radius 2 is 1.57 bits per heavy atom. The minimum absolute atomic E-state index is 0.0827. The van der Waals surface area contributed by atoms with Crippen molar-refractivity contribution in [3.05, 3.63) is 69.0 Å². The Balaban J connectivity index is 2.28. The van der Waals surface area contributed by atoms with Crippen LogP contribution in [0.25, 0.3) is 0 Å². The standard InChI is InChI=1S/C13H6F5N3O2/c14-9-8(10(15)12(17)13(18)11(9)16)5-19-20-6-2-1-3-7(4-6)21(22)23/h1-5,20H/b19-5+. The summed E-state index contributed by atoms with van der Waals surface area (Å²) < 4.78 is 65.5. The number of nitrogens with one attached hydrogen (secondary N) is 1. The molecule has 0 unspecified atom stereocenters. The first kappa shape index (κ1) is 16.3. The van der Waals surface area contributed by atoms with Crippen LogP contribution in [0.15, 0.2) is 29.4 Å². The summed E-state index contributed by atoms with van der Waals surface area (Å²) in [5.74, 6) is -10.5. The monoisotopic (exact) mass is 331 g/mol. The topological polar surface area (TPSA) is 67.5 Å². The van der Waals surface area contributed by atoms with E-state index in [-0.39, 0.29) is 11.4 Å². The number of rotatable bonds is 4. The van der Waals surface area contributed by atoms with Gasteiger partial charge in [0.2, 0.25) is 5.82 Å². The van der Waals surface area contributed by atoms with Crippen LogP contribution >= 0.6 is 0 Å². The van der Waals surface area contributed by atoms with Gasteiger partial charge in [0.05, 0.1) is 22.4 Å². The minimum Gasteiger partial charge on any atom is -0.278 e. The van der Waals surface area contributed by atoms with Crippen LogP contribution in [-0.4, -0.2) is 11.1 Å². The van der Waals surface area contributed by atoms with Gasteiger partial charge in [0.1, 0.15) is 0 Å². The normalized spacial score (nSPS) is 11.0. The molecule has 0 aromatic heterocycles. The molecular weight excluding hydrogens is 325 g/mol. The predicted octanol–water partition coefficient (Wildman–Crippen LogP) is 3.74. The Kier molecular flexibility index (Phi) is 4.53. The van der Waals surface area contributed by atoms with E-state index in [2.05, 4.69) is 10.5 Å². The molecule has 10 heteroatoms. The molecular formula is C13H6F5N3O2. The van der Waals surface area contributed by atoms with Crippen LogP contribution in [0.2, 0.25) is 0 Å². The number of nitro benzene ring substituents is 1. The van der Waals surface area contributed by atoms with E-state index in [0.717, 1.165) is 6.07 Å². The molecule has 23 heavy (non-hydrogen) atoms. The van der Waals surface area contributed by atoms with Gasteiger partial charge in [-0.3, -0.25) is 15.5 Å². The number of benzene rings is 2. The van der Waals surface area contributed by atoms with Crippen LogP contribution in [0.5, 0.6) is 0 Å². The van der Waals surface area contributed by atoms with E-state index < -0.39 is 39.6 Å². The number of hydrogen-bond donors (Lipinski definition) is 1. The van der Waals surface area contributed by atoms with Crippen LogP contribution in [0.1, 0.15) is 5.56 Å². The van der Waals surface area contributed by atoms with Gasteiger partial charge >= 0.3 is 0 Å². The van der Waals surface area contributed by atoms with E-state index in [0.29, 0.717) is 6.21 Å². The molecule has 2 rings (SSSR count). The Morgan fingerprint density at radius 1 is 1.00 bits per heavy atom. The number of nitro groups is 1. The Labute approximate surface area is 125 Å². The molecule has 0 aliphatic rings. The number of halogens is 5. The maximum absolute atomic E-state index is 13.4. The molecule has 0 saturated carbocycles. The third kappa shape index (κ3) is 3.25. The van der Waals surface area contributed by atoms with Crippen molar-refractivity contribution < 1.29 is 26.9 Å². The van der Waals surface area contributed by atoms with Gasteiger partial charge < -0.3 is 0 Å². The van der Waals surface area contributed by atoms with Crippen molar-refractivity contribution in [2.75, 3.05) is 5.43 Å². The molecule has 2 aromatic rings. The van der Waals surface area contributed by atoms with Gasteiger partial charge in [-0.25, -0.2) is 22.0 Å². The molecule has 2 aromatic carbocycles. The highest BCUT2D eigenvalue weighted by Crippen LogP contribution is 2.22. The van der Waals surface area contributed by atoms with E-state index in [1.54, 1.807) is 0 Å². The lowest BCUT2D eigenvalue weighted by Crippen LogP contribution is -2.07. The first-order chi connectivity index (χ1) is 10.8. The summed E-state index contributed by atoms with van der Waals surface area (Å²) in [6.07, 6.45) is 0.384. The van der Waals surface area contributed by atoms with E-state index >= 15 is 0 Å². The van der Waals surface area contributed by atoms with Crippen molar-refractivity contribution in [3.63, 3.8) is 0 Å². The van der Waals surface area contributed by atoms with Gasteiger partial charge in [-0.05, 0) is 6.07 Å². The molecule has 0 aliphatic heterocycles. The fourth-order valence-electron chi connectivity index (χ4n) is 1.60. The first-order valence-electron chi connectivity index (χ1n) is 5.88. The van der Waals surface area contributed by atoms with Gasteiger partial charge in [0.15, 0.2) is 23.3 Å². The smallest absolute Gasteiger partial charge is 0.271 e. The fraction of sp³-hybridized carbons (Fsp3) is 0. The van der Waals surface area contributed by atoms with Crippen molar-refractivity contribution in [2.24, 2.45) is 5.10 Å². The van der Waals surface area contributed by atoms with Crippen molar-refractivity contribution in [2.45, 2.75) is 0 Å². The third-order valence-corrected chi connectivity index (χ3v) is 2.69. The van der Waals surface area contributed by atoms with Crippen molar-refractivity contribution >= 4 is 17.6 Å². The molecule has 0 aliphatic carbocycles. The summed E-state index contributed by atoms with van der Waals surface area (Å²) in [4.78, 5) is 9.88. The number of anilines is 1. The molecule has 0 atom stereocenters. The first-order valence-corrected chi connectivity index (χ1v) is 5.88. The van der Waals surface area contributed by atoms with Crippen molar-refractivity contribution in [3.8, 4) is 0 Å². The largest absolute Gasteiger partial charge is 0.278 e. The summed E-state index contributed by atoms with van der Waals surface area (Å²) in [6.45, 7) is 0. The highest BCUT2D eigenvalue weighted by molar-refractivity contribution is 5.81. The maximum Gasteiger partial charge on any atom is 0.271 e. The van der Waals surface area contributed by atoms with Gasteiger partial charge in [0.25, 0.3) is 5.69 Å². The number of nitrogens with zero attached hydrogens (tertiary/aromatic N) is 2. The second kappa shape index (κ2) is 6.38. The zero-order valence-electron chi connectivity index (χ0n) is 11.0. The second-order valence-corrected chi connectivity index (χ2v) is 4.16. The molecule has 0 spiro atoms. The van der Waals surface area contributed by atoms with E-state index in [9.17, 15) is 32.1 Å². The third-order valence-electron chi connectivity index (χ3n) is 2.69. The predicted molar refractivity (Wildman–Crippen MR) is 70.5 cm³/mol. The summed E-state index contributed by atoms with van der Waals surface area (Å²) in [5, 5.41) is 13.9. The molecule has 120 valence electrons. The molecule has 0 radical (unpaired) electrons. The average molecular weight is 331 g/mol. The minimum atomic E-state index is -2.27. The van der Waals surface area contributed by atoms with E-state index in [1.165, 1.54) is 18.2 Å². The lowest BCUT2D eigenvalue weighted by molar-refractivity contribution is -0.384. The highest BCUT2D eigenvalue weighted by atomic mass is 19.2. The summed E-state index contributed by atoms with van der Waals surface area (Å²) >= 11 is 0. The van der Waals surface area contributed by atoms with Crippen molar-refractivity contribution in [1.82, 2.24) is 0 Å². The Morgan fingerprint density at radius 3 is 2.13 bits per heavy atom. The number of hydrogen-bond acceptors (Lipinski definition) is 4. The maximum atomic E-state index is 13.4. The molecule has 0 heterocycles. The Hall–Kier alpha value is -3.04. The van der Waals surface area contributed by atoms with Gasteiger partial charge in [-0.15, -0.1) is 0 Å². The quantitative estimate of drug-likeness (QED) is 0.232. The molecule has 0 fully saturated rings. The van der Waals surface area contributed by atoms with Crippen molar-refractivity contribution in [1.29, 1.82) is 0 Å². The van der Waals surface area contributed by atoms with Crippen LogP contribution in [0.4, 0.5) is 33.3 Å². The number of non-ortho nitro benzene ring substituents is 1. The molecule has 0 saturated heterocycles. The van der Waals surface area contributed by atoms with Crippen LogP contribution in [0, 0.1) is 39.2 Å². The lowest BCUT2D eigenvalue weighted by Gasteiger charge is -2.04. The molecule has 0 amide bonds. The zero-order valence-corrected chi connectivity index (χ0v) is 11.0. The summed E-state index contributed by atoms with van der Waals surface area (Å²) in [5.41, 5.74) is 0.759. The van der Waals surface area contributed by atoms with Crippen LogP contribution < -0.4 is 5.43 Å². The highest BCUT2D eigenvalue weighted by Gasteiger charge is 2.24. The fourth-order valence-corrected chi connectivity index (χ4v) is 1.60. The van der Waals surface area contributed by atoms with Crippen LogP contribution in [-0.2, 0) is 0 Å². The lowest BCUT2D eigenvalue weighted by atomic mass is 10.2. The summed E-state index contributed by atoms with van der Waals surface area (Å²) in [6, 6.07) is 4.92. The second-order valence-electron chi connectivity index (χ2n) is 4.16. The van der Waals surface area contributed by atoms with Gasteiger partial charge in [-0.2, -0.15) is 5.10 Å². The van der Waals surface area contributed by atoms with Crippen LogP contribution in [0.3, 0.4) is 0 Å². The number of hydrazone groups is 1. The van der Waals surface area contributed by atoms with Gasteiger partial charge in [-0.1, -0.05) is 6.07 Å². The molecule has 5 nitrogen and oxygen atoms in total. The SMILES string of the molecule is O=[N+]([O-])c1cccc(N/N=C/c2c(F)c(F)c(F)c(F)c2F)c1. The van der Waals surface area contributed by atoms with Gasteiger partial charge in [0, 0.05) is 12.1 Å².